The zero-order valence-electron chi connectivity index (χ0n) is 12.5. The monoisotopic (exact) mass is 275 g/mol. The molecule has 4 heteroatoms. The molecule has 20 heavy (non-hydrogen) atoms. The third-order valence-corrected chi connectivity index (χ3v) is 4.45. The summed E-state index contributed by atoms with van der Waals surface area (Å²) in [5.41, 5.74) is 7.60. The normalized spacial score (nSPS) is 18.7. The van der Waals surface area contributed by atoms with Gasteiger partial charge in [-0.3, -0.25) is 9.69 Å². The van der Waals surface area contributed by atoms with E-state index in [1.165, 1.54) is 19.3 Å². The van der Waals surface area contributed by atoms with Gasteiger partial charge < -0.3 is 11.1 Å². The fraction of sp³-hybridized carbons (Fsp3) is 0.562. The van der Waals surface area contributed by atoms with Gasteiger partial charge in [0, 0.05) is 11.4 Å². The average Bonchev–Trinajstić information content (AvgIpc) is 2.42. The lowest BCUT2D eigenvalue weighted by atomic mass is 9.78. The van der Waals surface area contributed by atoms with Crippen molar-refractivity contribution in [1.82, 2.24) is 4.90 Å². The third-order valence-electron chi connectivity index (χ3n) is 4.45. The van der Waals surface area contributed by atoms with E-state index < -0.39 is 0 Å². The number of nitrogen functional groups attached to an aromatic ring is 1. The first kappa shape index (κ1) is 14.9. The number of rotatable bonds is 4. The first-order valence-corrected chi connectivity index (χ1v) is 7.38. The summed E-state index contributed by atoms with van der Waals surface area (Å²) >= 11 is 0. The van der Waals surface area contributed by atoms with E-state index in [0.29, 0.717) is 17.6 Å². The van der Waals surface area contributed by atoms with Gasteiger partial charge in [-0.25, -0.2) is 0 Å². The molecule has 3 N–H and O–H groups in total. The molecule has 1 saturated heterocycles. The lowest BCUT2D eigenvalue weighted by molar-refractivity contribution is -0.117. The van der Waals surface area contributed by atoms with E-state index in [0.717, 1.165) is 18.8 Å². The van der Waals surface area contributed by atoms with Crippen molar-refractivity contribution in [3.63, 3.8) is 0 Å². The Labute approximate surface area is 121 Å². The van der Waals surface area contributed by atoms with Crippen molar-refractivity contribution in [3.05, 3.63) is 24.3 Å². The van der Waals surface area contributed by atoms with Gasteiger partial charge in [0.25, 0.3) is 0 Å². The number of benzene rings is 1. The van der Waals surface area contributed by atoms with E-state index in [1.54, 1.807) is 6.07 Å². The van der Waals surface area contributed by atoms with Gasteiger partial charge in [-0.2, -0.15) is 0 Å². The molecule has 1 aromatic carbocycles. The Bertz CT molecular complexity index is 465. The maximum Gasteiger partial charge on any atom is 0.238 e. The van der Waals surface area contributed by atoms with Crippen LogP contribution in [-0.4, -0.2) is 30.4 Å². The molecule has 1 aromatic rings. The number of carbonyl (C=O) groups is 1. The van der Waals surface area contributed by atoms with Gasteiger partial charge in [0.05, 0.1) is 6.54 Å². The molecule has 0 spiro atoms. The van der Waals surface area contributed by atoms with E-state index >= 15 is 0 Å². The van der Waals surface area contributed by atoms with Crippen LogP contribution in [0.15, 0.2) is 24.3 Å². The predicted octanol–water partition coefficient (Wildman–Crippen LogP) is 2.72. The van der Waals surface area contributed by atoms with Crippen LogP contribution in [0.2, 0.25) is 0 Å². The van der Waals surface area contributed by atoms with Crippen molar-refractivity contribution >= 4 is 17.3 Å². The van der Waals surface area contributed by atoms with Crippen LogP contribution < -0.4 is 11.1 Å². The SMILES string of the molecule is CCC1(C)CCN(CC(=O)Nc2cccc(N)c2)CC1. The van der Waals surface area contributed by atoms with Crippen molar-refractivity contribution < 1.29 is 4.79 Å². The molecule has 0 bridgehead atoms. The highest BCUT2D eigenvalue weighted by atomic mass is 16.2. The molecule has 0 aromatic heterocycles. The number of nitrogens with two attached hydrogens (primary N) is 1. The van der Waals surface area contributed by atoms with Gasteiger partial charge in [0.15, 0.2) is 0 Å². The highest BCUT2D eigenvalue weighted by Gasteiger charge is 2.28. The topological polar surface area (TPSA) is 58.4 Å². The van der Waals surface area contributed by atoms with E-state index in [-0.39, 0.29) is 5.91 Å². The first-order chi connectivity index (χ1) is 9.50. The number of nitrogens with zero attached hydrogens (tertiary/aromatic N) is 1. The second kappa shape index (κ2) is 6.27. The zero-order chi connectivity index (χ0) is 14.6. The summed E-state index contributed by atoms with van der Waals surface area (Å²) in [4.78, 5) is 14.3. The Morgan fingerprint density at radius 1 is 1.40 bits per heavy atom. The van der Waals surface area contributed by atoms with E-state index in [1.807, 2.05) is 18.2 Å². The van der Waals surface area contributed by atoms with Crippen molar-refractivity contribution in [3.8, 4) is 0 Å². The van der Waals surface area contributed by atoms with Crippen LogP contribution in [0.4, 0.5) is 11.4 Å². The molecule has 1 aliphatic heterocycles. The molecule has 1 heterocycles. The summed E-state index contributed by atoms with van der Waals surface area (Å²) in [6.45, 7) is 7.08. The van der Waals surface area contributed by atoms with Crippen LogP contribution >= 0.6 is 0 Å². The molecule has 0 radical (unpaired) electrons. The highest BCUT2D eigenvalue weighted by molar-refractivity contribution is 5.92. The fourth-order valence-corrected chi connectivity index (χ4v) is 2.62. The summed E-state index contributed by atoms with van der Waals surface area (Å²) in [5.74, 6) is 0.0377. The lowest BCUT2D eigenvalue weighted by Crippen LogP contribution is -2.42. The van der Waals surface area contributed by atoms with Gasteiger partial charge in [0.1, 0.15) is 0 Å². The quantitative estimate of drug-likeness (QED) is 0.831. The molecule has 2 rings (SSSR count). The minimum absolute atomic E-state index is 0.0377. The molecule has 0 saturated carbocycles. The number of carbonyl (C=O) groups excluding carboxylic acids is 1. The van der Waals surface area contributed by atoms with Gasteiger partial charge >= 0.3 is 0 Å². The Kier molecular flexibility index (Phi) is 4.65. The van der Waals surface area contributed by atoms with Crippen molar-refractivity contribution in [2.45, 2.75) is 33.1 Å². The standard InChI is InChI=1S/C16H25N3O/c1-3-16(2)7-9-19(10-8-16)12-15(20)18-14-6-4-5-13(17)11-14/h4-6,11H,3,7-10,12,17H2,1-2H3,(H,18,20). The van der Waals surface area contributed by atoms with Crippen LogP contribution in [0.25, 0.3) is 0 Å². The van der Waals surface area contributed by atoms with Gasteiger partial charge in [-0.05, 0) is 49.5 Å². The molecule has 1 amide bonds. The number of nitrogens with one attached hydrogen (secondary N) is 1. The second-order valence-electron chi connectivity index (χ2n) is 6.11. The van der Waals surface area contributed by atoms with E-state index in [9.17, 15) is 4.79 Å². The number of hydrogen-bond acceptors (Lipinski definition) is 3. The summed E-state index contributed by atoms with van der Waals surface area (Å²) in [6, 6.07) is 7.30. The van der Waals surface area contributed by atoms with Crippen LogP contribution in [-0.2, 0) is 4.79 Å². The van der Waals surface area contributed by atoms with Crippen LogP contribution in [0.3, 0.4) is 0 Å². The molecule has 0 atom stereocenters. The van der Waals surface area contributed by atoms with Gasteiger partial charge in [-0.15, -0.1) is 0 Å². The smallest absolute Gasteiger partial charge is 0.238 e. The average molecular weight is 275 g/mol. The molecular formula is C16H25N3O. The van der Waals surface area contributed by atoms with Crippen LogP contribution in [0.1, 0.15) is 33.1 Å². The van der Waals surface area contributed by atoms with Crippen molar-refractivity contribution in [1.29, 1.82) is 0 Å². The number of likely N-dealkylation sites (tertiary alicyclic amines) is 1. The Morgan fingerprint density at radius 3 is 2.70 bits per heavy atom. The summed E-state index contributed by atoms with van der Waals surface area (Å²) < 4.78 is 0. The summed E-state index contributed by atoms with van der Waals surface area (Å²) in [7, 11) is 0. The van der Waals surface area contributed by atoms with Crippen molar-refractivity contribution in [2.75, 3.05) is 30.7 Å². The summed E-state index contributed by atoms with van der Waals surface area (Å²) in [6.07, 6.45) is 3.57. The van der Waals surface area contributed by atoms with Gasteiger partial charge in [0.2, 0.25) is 5.91 Å². The Balaban J connectivity index is 1.81. The highest BCUT2D eigenvalue weighted by Crippen LogP contribution is 2.33. The van der Waals surface area contributed by atoms with Gasteiger partial charge in [-0.1, -0.05) is 26.3 Å². The Morgan fingerprint density at radius 2 is 2.10 bits per heavy atom. The molecule has 0 aliphatic carbocycles. The molecule has 1 fully saturated rings. The molecule has 4 nitrogen and oxygen atoms in total. The number of piperidine rings is 1. The predicted molar refractivity (Wildman–Crippen MR) is 83.6 cm³/mol. The second-order valence-corrected chi connectivity index (χ2v) is 6.11. The van der Waals surface area contributed by atoms with Crippen molar-refractivity contribution in [2.24, 2.45) is 5.41 Å². The minimum Gasteiger partial charge on any atom is -0.399 e. The minimum atomic E-state index is 0.0377. The summed E-state index contributed by atoms with van der Waals surface area (Å²) in [5, 5.41) is 2.90. The lowest BCUT2D eigenvalue weighted by Gasteiger charge is -2.38. The van der Waals surface area contributed by atoms with E-state index in [4.69, 9.17) is 5.73 Å². The van der Waals surface area contributed by atoms with E-state index in [2.05, 4.69) is 24.1 Å². The van der Waals surface area contributed by atoms with Crippen LogP contribution in [0, 0.1) is 5.41 Å². The third kappa shape index (κ3) is 3.97. The number of anilines is 2. The molecule has 1 aliphatic rings. The molecule has 110 valence electrons. The Hall–Kier alpha value is -1.55. The maximum absolute atomic E-state index is 12.0. The first-order valence-electron chi connectivity index (χ1n) is 7.38. The molecular weight excluding hydrogens is 250 g/mol. The number of hydrogen-bond donors (Lipinski definition) is 2. The largest absolute Gasteiger partial charge is 0.399 e. The number of amides is 1. The maximum atomic E-state index is 12.0. The molecule has 0 unspecified atom stereocenters. The fourth-order valence-electron chi connectivity index (χ4n) is 2.62. The zero-order valence-corrected chi connectivity index (χ0v) is 12.5. The van der Waals surface area contributed by atoms with Crippen LogP contribution in [0.5, 0.6) is 0 Å².